The minimum absolute atomic E-state index is 0.147. The zero-order valence-electron chi connectivity index (χ0n) is 34.5. The number of rotatable bonds is 38. The quantitative estimate of drug-likeness (QED) is 0.0179. The van der Waals surface area contributed by atoms with E-state index in [4.69, 9.17) is 23.8 Å². The Morgan fingerprint density at radius 3 is 1.88 bits per heavy atom. The highest BCUT2D eigenvalue weighted by molar-refractivity contribution is 7.47. The second-order valence-electron chi connectivity index (χ2n) is 14.4. The molecular formula is C44H75O11P. The molecule has 0 spiro atoms. The second kappa shape index (κ2) is 35.8. The molecule has 3 unspecified atom stereocenters. The number of hydrogen-bond donors (Lipinski definition) is 3. The van der Waals surface area contributed by atoms with E-state index in [0.717, 1.165) is 96.3 Å². The van der Waals surface area contributed by atoms with Crippen LogP contribution in [0.1, 0.15) is 155 Å². The van der Waals surface area contributed by atoms with Gasteiger partial charge in [0.2, 0.25) is 0 Å². The van der Waals surface area contributed by atoms with Crippen LogP contribution in [0.4, 0.5) is 0 Å². The summed E-state index contributed by atoms with van der Waals surface area (Å²) in [5, 5.41) is 18.3. The van der Waals surface area contributed by atoms with Crippen molar-refractivity contribution in [3.63, 3.8) is 0 Å². The SMILES string of the molecule is CC/C=C\C/C=C\C/C=C\C/C=C\CCCCCCC(=O)O[C@H](COC(=O)CCCCCCCC1OC1C/C=C\CCCCC)COP(=O)(O)OC[C@@H](O)CO. The van der Waals surface area contributed by atoms with Gasteiger partial charge in [-0.15, -0.1) is 0 Å². The van der Waals surface area contributed by atoms with Crippen LogP contribution in [0.3, 0.4) is 0 Å². The van der Waals surface area contributed by atoms with Crippen molar-refractivity contribution < 1.29 is 52.5 Å². The van der Waals surface area contributed by atoms with Gasteiger partial charge in [-0.05, 0) is 77.0 Å². The first-order valence-electron chi connectivity index (χ1n) is 21.4. The van der Waals surface area contributed by atoms with Gasteiger partial charge in [-0.1, -0.05) is 126 Å². The van der Waals surface area contributed by atoms with Gasteiger partial charge < -0.3 is 29.3 Å². The normalized spacial score (nSPS) is 18.1. The number of allylic oxidation sites excluding steroid dienone is 9. The van der Waals surface area contributed by atoms with Crippen LogP contribution in [-0.4, -0.2) is 77.9 Å². The summed E-state index contributed by atoms with van der Waals surface area (Å²) in [7, 11) is -4.64. The topological polar surface area (TPSA) is 161 Å². The van der Waals surface area contributed by atoms with Gasteiger partial charge in [-0.2, -0.15) is 0 Å². The highest BCUT2D eigenvalue weighted by Gasteiger charge is 2.36. The monoisotopic (exact) mass is 811 g/mol. The second-order valence-corrected chi connectivity index (χ2v) is 15.8. The Kier molecular flexibility index (Phi) is 33.0. The Labute approximate surface area is 338 Å². The number of ether oxygens (including phenoxy) is 3. The lowest BCUT2D eigenvalue weighted by molar-refractivity contribution is -0.161. The van der Waals surface area contributed by atoms with Gasteiger partial charge in [-0.25, -0.2) is 4.57 Å². The van der Waals surface area contributed by atoms with Crippen molar-refractivity contribution in [3.05, 3.63) is 60.8 Å². The molecule has 1 aliphatic rings. The van der Waals surface area contributed by atoms with Gasteiger partial charge >= 0.3 is 19.8 Å². The molecule has 0 saturated carbocycles. The first kappa shape index (κ1) is 51.6. The molecule has 11 nitrogen and oxygen atoms in total. The first-order chi connectivity index (χ1) is 27.2. The number of aliphatic hydroxyl groups is 2. The maximum Gasteiger partial charge on any atom is 0.472 e. The third-order valence-corrected chi connectivity index (χ3v) is 10.0. The summed E-state index contributed by atoms with van der Waals surface area (Å²) < 4.78 is 38.5. The molecule has 1 rings (SSSR count). The lowest BCUT2D eigenvalue weighted by Gasteiger charge is -2.20. The molecule has 0 bridgehead atoms. The zero-order chi connectivity index (χ0) is 41.0. The Hall–Kier alpha value is -2.37. The van der Waals surface area contributed by atoms with Gasteiger partial charge in [0.05, 0.1) is 32.0 Å². The van der Waals surface area contributed by atoms with Crippen molar-refractivity contribution in [1.29, 1.82) is 0 Å². The molecule has 1 aliphatic heterocycles. The van der Waals surface area contributed by atoms with E-state index in [1.165, 1.54) is 19.3 Å². The molecule has 56 heavy (non-hydrogen) atoms. The van der Waals surface area contributed by atoms with Crippen LogP contribution in [-0.2, 0) is 37.4 Å². The molecule has 0 aromatic rings. The fourth-order valence-corrected chi connectivity index (χ4v) is 6.48. The highest BCUT2D eigenvalue weighted by Crippen LogP contribution is 2.43. The number of esters is 2. The van der Waals surface area contributed by atoms with Crippen LogP contribution in [0.15, 0.2) is 60.8 Å². The Morgan fingerprint density at radius 1 is 0.661 bits per heavy atom. The molecule has 12 heteroatoms. The summed E-state index contributed by atoms with van der Waals surface area (Å²) in [6.07, 6.45) is 40.6. The number of unbranched alkanes of at least 4 members (excludes halogenated alkanes) is 11. The molecule has 3 N–H and O–H groups in total. The standard InChI is InChI=1S/C44H75O11P/c1-3-5-7-9-11-12-13-14-15-16-17-18-19-20-21-25-30-34-44(48)54-40(38-53-56(49,50)52-36-39(46)35-45)37-51-43(47)33-29-26-22-24-28-32-42-41(55-42)31-27-23-10-8-6-4-2/h5,7,11-12,14-15,17-18,23,27,39-42,45-46H,3-4,6,8-10,13,16,19-22,24-26,28-38H2,1-2H3,(H,49,50)/b7-5-,12-11-,15-14-,18-17-,27-23-/t39-,40+,41?,42?/m0/s1. The molecule has 1 fully saturated rings. The minimum atomic E-state index is -4.64. The number of hydrogen-bond acceptors (Lipinski definition) is 10. The number of phosphoric ester groups is 1. The lowest BCUT2D eigenvalue weighted by atomic mass is 10.1. The van der Waals surface area contributed by atoms with Crippen LogP contribution in [0.25, 0.3) is 0 Å². The number of carbonyl (C=O) groups is 2. The summed E-state index contributed by atoms with van der Waals surface area (Å²) in [5.74, 6) is -0.981. The molecule has 0 aromatic heterocycles. The van der Waals surface area contributed by atoms with E-state index in [2.05, 4.69) is 79.1 Å². The van der Waals surface area contributed by atoms with Crippen molar-refractivity contribution >= 4 is 19.8 Å². The number of epoxide rings is 1. The molecule has 0 radical (unpaired) electrons. The summed E-state index contributed by atoms with van der Waals surface area (Å²) in [4.78, 5) is 35.0. The van der Waals surface area contributed by atoms with E-state index in [1.54, 1.807) is 0 Å². The predicted octanol–water partition coefficient (Wildman–Crippen LogP) is 10.1. The molecule has 0 amide bonds. The van der Waals surface area contributed by atoms with Crippen LogP contribution in [0, 0.1) is 0 Å². The summed E-state index contributed by atoms with van der Waals surface area (Å²) >= 11 is 0. The third kappa shape index (κ3) is 32.7. The highest BCUT2D eigenvalue weighted by atomic mass is 31.2. The van der Waals surface area contributed by atoms with Gasteiger partial charge in [0.15, 0.2) is 6.10 Å². The smallest absolute Gasteiger partial charge is 0.462 e. The minimum Gasteiger partial charge on any atom is -0.462 e. The summed E-state index contributed by atoms with van der Waals surface area (Å²) in [6.45, 7) is 2.16. The van der Waals surface area contributed by atoms with E-state index in [0.29, 0.717) is 25.0 Å². The third-order valence-electron chi connectivity index (χ3n) is 9.08. The predicted molar refractivity (Wildman–Crippen MR) is 223 cm³/mol. The van der Waals surface area contributed by atoms with Gasteiger partial charge in [0.1, 0.15) is 12.7 Å². The van der Waals surface area contributed by atoms with Gasteiger partial charge in [0.25, 0.3) is 0 Å². The first-order valence-corrected chi connectivity index (χ1v) is 22.9. The number of carbonyl (C=O) groups excluding carboxylic acids is 2. The molecule has 0 aliphatic carbocycles. The van der Waals surface area contributed by atoms with Crippen LogP contribution in [0.5, 0.6) is 0 Å². The van der Waals surface area contributed by atoms with E-state index in [1.807, 2.05) is 0 Å². The molecular weight excluding hydrogens is 735 g/mol. The van der Waals surface area contributed by atoms with Crippen molar-refractivity contribution in [1.82, 2.24) is 0 Å². The zero-order valence-corrected chi connectivity index (χ0v) is 35.4. The van der Waals surface area contributed by atoms with Crippen LogP contribution in [0.2, 0.25) is 0 Å². The molecule has 322 valence electrons. The van der Waals surface area contributed by atoms with Crippen LogP contribution < -0.4 is 0 Å². The van der Waals surface area contributed by atoms with Gasteiger partial charge in [0, 0.05) is 12.8 Å². The van der Waals surface area contributed by atoms with Crippen molar-refractivity contribution in [2.45, 2.75) is 180 Å². The molecule has 1 heterocycles. The largest absolute Gasteiger partial charge is 0.472 e. The fourth-order valence-electron chi connectivity index (χ4n) is 5.70. The van der Waals surface area contributed by atoms with E-state index in [9.17, 15) is 24.2 Å². The Morgan fingerprint density at radius 2 is 1.21 bits per heavy atom. The summed E-state index contributed by atoms with van der Waals surface area (Å²) in [5.41, 5.74) is 0. The van der Waals surface area contributed by atoms with Crippen LogP contribution >= 0.6 is 7.82 Å². The average molecular weight is 811 g/mol. The average Bonchev–Trinajstić information content (AvgIpc) is 3.94. The number of phosphoric acid groups is 1. The van der Waals surface area contributed by atoms with Crippen molar-refractivity contribution in [2.24, 2.45) is 0 Å². The van der Waals surface area contributed by atoms with E-state index in [-0.39, 0.29) is 19.4 Å². The van der Waals surface area contributed by atoms with E-state index >= 15 is 0 Å². The molecule has 5 atom stereocenters. The lowest BCUT2D eigenvalue weighted by Crippen LogP contribution is -2.29. The molecule has 0 aromatic carbocycles. The maximum atomic E-state index is 12.6. The van der Waals surface area contributed by atoms with Gasteiger partial charge in [-0.3, -0.25) is 18.6 Å². The summed E-state index contributed by atoms with van der Waals surface area (Å²) in [6, 6.07) is 0. The molecule has 1 saturated heterocycles. The Bertz CT molecular complexity index is 1180. The van der Waals surface area contributed by atoms with Crippen molar-refractivity contribution in [3.8, 4) is 0 Å². The number of aliphatic hydroxyl groups excluding tert-OH is 2. The van der Waals surface area contributed by atoms with E-state index < -0.39 is 51.8 Å². The Balaban J connectivity index is 2.29. The maximum absolute atomic E-state index is 12.6. The fraction of sp³-hybridized carbons (Fsp3) is 0.727. The van der Waals surface area contributed by atoms with Crippen molar-refractivity contribution in [2.75, 3.05) is 26.4 Å².